The first-order valence-electron chi connectivity index (χ1n) is 6.63. The maximum absolute atomic E-state index is 12.8. The second kappa shape index (κ2) is 4.46. The van der Waals surface area contributed by atoms with Crippen LogP contribution in [-0.2, 0) is 14.8 Å². The van der Waals surface area contributed by atoms with E-state index in [0.29, 0.717) is 11.1 Å². The first kappa shape index (κ1) is 13.9. The summed E-state index contributed by atoms with van der Waals surface area (Å²) < 4.78 is 26.8. The molecule has 0 spiro atoms. The minimum atomic E-state index is -3.69. The molecule has 0 bridgehead atoms. The Balaban J connectivity index is 2.27. The van der Waals surface area contributed by atoms with Crippen LogP contribution in [0.5, 0.6) is 0 Å². The summed E-state index contributed by atoms with van der Waals surface area (Å²) in [5.74, 6) is -0.247. The number of anilines is 1. The van der Waals surface area contributed by atoms with E-state index in [-0.39, 0.29) is 10.8 Å². The molecule has 0 aliphatic carbocycles. The third-order valence-electron chi connectivity index (χ3n) is 3.77. The molecule has 110 valence electrons. The first-order valence-corrected chi connectivity index (χ1v) is 8.07. The lowest BCUT2D eigenvalue weighted by atomic mass is 10.1. The molecule has 0 aromatic heterocycles. The number of hydrogen-bond donors (Lipinski definition) is 0. The second-order valence-corrected chi connectivity index (χ2v) is 7.12. The zero-order valence-electron chi connectivity index (χ0n) is 12.1. The number of sulfonamides is 1. The topological polar surface area (TPSA) is 57.7 Å². The molecule has 1 aliphatic heterocycles. The number of hydrogen-bond acceptors (Lipinski definition) is 3. The Morgan fingerprint density at radius 3 is 2.38 bits per heavy atom. The fourth-order valence-corrected chi connectivity index (χ4v) is 4.67. The largest absolute Gasteiger partial charge is 0.347 e. The molecule has 6 heteroatoms. The quantitative estimate of drug-likeness (QED) is 0.850. The molecule has 1 heterocycles. The minimum Gasteiger partial charge on any atom is -0.347 e. The van der Waals surface area contributed by atoms with Gasteiger partial charge >= 0.3 is 0 Å². The molecule has 0 fully saturated rings. The van der Waals surface area contributed by atoms with Crippen LogP contribution >= 0.6 is 0 Å². The number of rotatable bonds is 2. The monoisotopic (exact) mass is 304 g/mol. The SMILES string of the molecule is C[C@@H](C(=O)N(C)C)N1c2cccc3cccc(c23)S1(=O)=O. The van der Waals surface area contributed by atoms with Crippen molar-refractivity contribution >= 4 is 32.4 Å². The predicted molar refractivity (Wildman–Crippen MR) is 81.8 cm³/mol. The van der Waals surface area contributed by atoms with Crippen molar-refractivity contribution in [2.45, 2.75) is 17.9 Å². The molecular weight excluding hydrogens is 288 g/mol. The number of amides is 1. The fraction of sp³-hybridized carbons (Fsp3) is 0.267. The highest BCUT2D eigenvalue weighted by atomic mass is 32.2. The zero-order valence-corrected chi connectivity index (χ0v) is 12.9. The third-order valence-corrected chi connectivity index (χ3v) is 5.70. The summed E-state index contributed by atoms with van der Waals surface area (Å²) in [5, 5.41) is 1.55. The molecule has 1 amide bonds. The normalized spacial score (nSPS) is 17.0. The number of likely N-dealkylation sites (N-methyl/N-ethyl adjacent to an activating group) is 1. The van der Waals surface area contributed by atoms with Crippen LogP contribution in [0.3, 0.4) is 0 Å². The third kappa shape index (κ3) is 1.82. The van der Waals surface area contributed by atoms with Crippen molar-refractivity contribution < 1.29 is 13.2 Å². The van der Waals surface area contributed by atoms with Crippen LogP contribution in [0.2, 0.25) is 0 Å². The Morgan fingerprint density at radius 1 is 1.14 bits per heavy atom. The predicted octanol–water partition coefficient (Wildman–Crippen LogP) is 1.83. The Hall–Kier alpha value is -2.08. The van der Waals surface area contributed by atoms with Crippen molar-refractivity contribution in [2.24, 2.45) is 0 Å². The summed E-state index contributed by atoms with van der Waals surface area (Å²) in [4.78, 5) is 13.9. The lowest BCUT2D eigenvalue weighted by Gasteiger charge is -2.27. The van der Waals surface area contributed by atoms with Crippen molar-refractivity contribution in [1.29, 1.82) is 0 Å². The van der Waals surface area contributed by atoms with E-state index in [1.165, 1.54) is 9.21 Å². The Bertz CT molecular complexity index is 838. The summed E-state index contributed by atoms with van der Waals surface area (Å²) in [5.41, 5.74) is 0.575. The van der Waals surface area contributed by atoms with E-state index >= 15 is 0 Å². The summed E-state index contributed by atoms with van der Waals surface area (Å²) in [7, 11) is -0.450. The molecule has 1 atom stereocenters. The standard InChI is InChI=1S/C15H16N2O3S/c1-10(15(18)16(2)3)17-12-8-4-6-11-7-5-9-13(14(11)12)21(17,19)20/h4-10H,1-3H3/t10-/m0/s1. The minimum absolute atomic E-state index is 0.247. The molecule has 21 heavy (non-hydrogen) atoms. The van der Waals surface area contributed by atoms with Crippen LogP contribution in [0.4, 0.5) is 5.69 Å². The van der Waals surface area contributed by atoms with Gasteiger partial charge in [-0.05, 0) is 24.4 Å². The van der Waals surface area contributed by atoms with Gasteiger partial charge in [-0.15, -0.1) is 0 Å². The Labute approximate surface area is 123 Å². The Kier molecular flexibility index (Phi) is 2.95. The van der Waals surface area contributed by atoms with E-state index in [0.717, 1.165) is 5.39 Å². The van der Waals surface area contributed by atoms with Crippen molar-refractivity contribution in [3.05, 3.63) is 36.4 Å². The van der Waals surface area contributed by atoms with Gasteiger partial charge in [0.05, 0.1) is 10.6 Å². The molecule has 2 aromatic rings. The number of carbonyl (C=O) groups is 1. The highest BCUT2D eigenvalue weighted by Crippen LogP contribution is 2.43. The van der Waals surface area contributed by atoms with Crippen molar-refractivity contribution in [2.75, 3.05) is 18.4 Å². The van der Waals surface area contributed by atoms with E-state index in [1.54, 1.807) is 39.2 Å². The van der Waals surface area contributed by atoms with E-state index in [9.17, 15) is 13.2 Å². The molecule has 1 aliphatic rings. The summed E-state index contributed by atoms with van der Waals surface area (Å²) >= 11 is 0. The zero-order chi connectivity index (χ0) is 15.4. The highest BCUT2D eigenvalue weighted by molar-refractivity contribution is 7.93. The van der Waals surface area contributed by atoms with Gasteiger partial charge in [0.2, 0.25) is 5.91 Å². The summed E-state index contributed by atoms with van der Waals surface area (Å²) in [6.45, 7) is 1.62. The van der Waals surface area contributed by atoms with Crippen LogP contribution in [0.25, 0.3) is 10.8 Å². The molecular formula is C15H16N2O3S. The maximum Gasteiger partial charge on any atom is 0.265 e. The lowest BCUT2D eigenvalue weighted by Crippen LogP contribution is -2.46. The van der Waals surface area contributed by atoms with E-state index < -0.39 is 16.1 Å². The number of benzene rings is 2. The lowest BCUT2D eigenvalue weighted by molar-refractivity contribution is -0.129. The molecule has 5 nitrogen and oxygen atoms in total. The van der Waals surface area contributed by atoms with E-state index in [2.05, 4.69) is 0 Å². The van der Waals surface area contributed by atoms with Gasteiger partial charge in [-0.3, -0.25) is 9.10 Å². The number of carbonyl (C=O) groups excluding carboxylic acids is 1. The average molecular weight is 304 g/mol. The van der Waals surface area contributed by atoms with Crippen LogP contribution < -0.4 is 4.31 Å². The van der Waals surface area contributed by atoms with E-state index in [4.69, 9.17) is 0 Å². The van der Waals surface area contributed by atoms with Crippen LogP contribution in [0.1, 0.15) is 6.92 Å². The maximum atomic E-state index is 12.8. The van der Waals surface area contributed by atoms with Crippen molar-refractivity contribution in [3.63, 3.8) is 0 Å². The van der Waals surface area contributed by atoms with Gasteiger partial charge in [0.1, 0.15) is 6.04 Å². The van der Waals surface area contributed by atoms with Crippen LogP contribution in [0, 0.1) is 0 Å². The Morgan fingerprint density at radius 2 is 1.76 bits per heavy atom. The van der Waals surface area contributed by atoms with Gasteiger partial charge in [0.25, 0.3) is 10.0 Å². The molecule has 3 rings (SSSR count). The van der Waals surface area contributed by atoms with Gasteiger partial charge in [0.15, 0.2) is 0 Å². The number of nitrogens with zero attached hydrogens (tertiary/aromatic N) is 2. The average Bonchev–Trinajstić information content (AvgIpc) is 2.68. The van der Waals surface area contributed by atoms with Crippen LogP contribution in [-0.4, -0.2) is 39.4 Å². The molecule has 0 N–H and O–H groups in total. The van der Waals surface area contributed by atoms with Gasteiger partial charge in [-0.2, -0.15) is 0 Å². The fourth-order valence-electron chi connectivity index (χ4n) is 2.81. The van der Waals surface area contributed by atoms with Gasteiger partial charge in [-0.25, -0.2) is 8.42 Å². The van der Waals surface area contributed by atoms with Crippen LogP contribution in [0.15, 0.2) is 41.3 Å². The second-order valence-electron chi connectivity index (χ2n) is 5.34. The van der Waals surface area contributed by atoms with Gasteiger partial charge < -0.3 is 4.90 Å². The molecule has 0 unspecified atom stereocenters. The van der Waals surface area contributed by atoms with Gasteiger partial charge in [0, 0.05) is 19.5 Å². The molecule has 0 radical (unpaired) electrons. The smallest absolute Gasteiger partial charge is 0.265 e. The molecule has 0 saturated heterocycles. The molecule has 0 saturated carbocycles. The first-order chi connectivity index (χ1) is 9.85. The van der Waals surface area contributed by atoms with E-state index in [1.807, 2.05) is 18.2 Å². The highest BCUT2D eigenvalue weighted by Gasteiger charge is 2.41. The molecule has 2 aromatic carbocycles. The van der Waals surface area contributed by atoms with Gasteiger partial charge in [-0.1, -0.05) is 24.3 Å². The summed E-state index contributed by atoms with van der Waals surface area (Å²) in [6, 6.07) is 9.84. The van der Waals surface area contributed by atoms with Crippen molar-refractivity contribution in [3.8, 4) is 0 Å². The van der Waals surface area contributed by atoms with Crippen molar-refractivity contribution in [1.82, 2.24) is 4.90 Å². The summed E-state index contributed by atoms with van der Waals surface area (Å²) in [6.07, 6.45) is 0.